The number of hydrogen-bond acceptors (Lipinski definition) is 6. The van der Waals surface area contributed by atoms with Crippen molar-refractivity contribution in [3.8, 4) is 11.5 Å². The Kier molecular flexibility index (Phi) is 7.03. The Hall–Kier alpha value is -3.98. The molecule has 1 unspecified atom stereocenters. The van der Waals surface area contributed by atoms with E-state index in [1.807, 2.05) is 0 Å². The highest BCUT2D eigenvalue weighted by atomic mass is 32.2. The SMILES string of the molecule is CC(Sc1ccc(NC(=O)c2ccccc2C(=O)O)cc1)C(=O)Nc1ccc2c(c1)OCCO2. The predicted octanol–water partition coefficient (Wildman–Crippen LogP) is 4.53. The molecule has 8 nitrogen and oxygen atoms in total. The number of benzene rings is 3. The van der Waals surface area contributed by atoms with E-state index in [1.165, 1.54) is 23.9 Å². The molecule has 3 aromatic carbocycles. The molecule has 4 rings (SSSR count). The number of carbonyl (C=O) groups is 3. The average Bonchev–Trinajstić information content (AvgIpc) is 2.85. The van der Waals surface area contributed by atoms with Crippen LogP contribution in [0.4, 0.5) is 11.4 Å². The summed E-state index contributed by atoms with van der Waals surface area (Å²) in [6.07, 6.45) is 0. The highest BCUT2D eigenvalue weighted by Crippen LogP contribution is 2.33. The maximum absolute atomic E-state index is 12.6. The molecular formula is C25H22N2O6S. The maximum Gasteiger partial charge on any atom is 0.336 e. The van der Waals surface area contributed by atoms with Gasteiger partial charge >= 0.3 is 5.97 Å². The van der Waals surface area contributed by atoms with Crippen molar-refractivity contribution in [2.75, 3.05) is 23.8 Å². The molecule has 3 aromatic rings. The number of hydrogen-bond donors (Lipinski definition) is 3. The zero-order valence-corrected chi connectivity index (χ0v) is 19.1. The van der Waals surface area contributed by atoms with Crippen molar-refractivity contribution in [2.45, 2.75) is 17.1 Å². The summed E-state index contributed by atoms with van der Waals surface area (Å²) in [6, 6.07) is 18.3. The Bertz CT molecular complexity index is 1230. The lowest BCUT2D eigenvalue weighted by Gasteiger charge is -2.19. The molecule has 34 heavy (non-hydrogen) atoms. The van der Waals surface area contributed by atoms with Gasteiger partial charge in [0.1, 0.15) is 13.2 Å². The number of amides is 2. The van der Waals surface area contributed by atoms with Crippen LogP contribution in [-0.4, -0.2) is 41.4 Å². The molecule has 1 atom stereocenters. The highest BCUT2D eigenvalue weighted by Gasteiger charge is 2.18. The molecule has 9 heteroatoms. The summed E-state index contributed by atoms with van der Waals surface area (Å²) in [7, 11) is 0. The summed E-state index contributed by atoms with van der Waals surface area (Å²) in [5, 5.41) is 14.5. The largest absolute Gasteiger partial charge is 0.486 e. The Morgan fingerprint density at radius 1 is 0.853 bits per heavy atom. The average molecular weight is 479 g/mol. The van der Waals surface area contributed by atoms with Crippen LogP contribution in [0.5, 0.6) is 11.5 Å². The Balaban J connectivity index is 1.34. The van der Waals surface area contributed by atoms with Crippen molar-refractivity contribution in [2.24, 2.45) is 0 Å². The van der Waals surface area contributed by atoms with Crippen LogP contribution in [0.3, 0.4) is 0 Å². The van der Waals surface area contributed by atoms with Crippen molar-refractivity contribution >= 4 is 40.9 Å². The van der Waals surface area contributed by atoms with Crippen LogP contribution in [0.25, 0.3) is 0 Å². The van der Waals surface area contributed by atoms with Crippen LogP contribution < -0.4 is 20.1 Å². The lowest BCUT2D eigenvalue weighted by atomic mass is 10.1. The van der Waals surface area contributed by atoms with Crippen LogP contribution in [0.1, 0.15) is 27.6 Å². The number of carbonyl (C=O) groups excluding carboxylic acids is 2. The third-order valence-electron chi connectivity index (χ3n) is 5.01. The Morgan fingerprint density at radius 3 is 2.21 bits per heavy atom. The smallest absolute Gasteiger partial charge is 0.336 e. The van der Waals surface area contributed by atoms with Crippen molar-refractivity contribution < 1.29 is 29.0 Å². The van der Waals surface area contributed by atoms with E-state index in [0.29, 0.717) is 36.1 Å². The normalized spacial score (nSPS) is 13.0. The van der Waals surface area contributed by atoms with Gasteiger partial charge < -0.3 is 25.2 Å². The molecule has 0 aromatic heterocycles. The van der Waals surface area contributed by atoms with Gasteiger partial charge in [-0.1, -0.05) is 12.1 Å². The highest BCUT2D eigenvalue weighted by molar-refractivity contribution is 8.00. The van der Waals surface area contributed by atoms with Crippen LogP contribution in [-0.2, 0) is 4.79 Å². The third-order valence-corrected chi connectivity index (χ3v) is 6.12. The number of aromatic carboxylic acids is 1. The second-order valence-corrected chi connectivity index (χ2v) is 8.85. The fourth-order valence-corrected chi connectivity index (χ4v) is 4.17. The molecule has 3 N–H and O–H groups in total. The fourth-order valence-electron chi connectivity index (χ4n) is 3.31. The minimum absolute atomic E-state index is 0.0648. The van der Waals surface area contributed by atoms with Gasteiger partial charge in [-0.05, 0) is 55.5 Å². The zero-order chi connectivity index (χ0) is 24.1. The van der Waals surface area contributed by atoms with E-state index in [4.69, 9.17) is 9.47 Å². The van der Waals surface area contributed by atoms with Gasteiger partial charge in [0.25, 0.3) is 5.91 Å². The number of carboxylic acids is 1. The molecule has 0 fully saturated rings. The summed E-state index contributed by atoms with van der Waals surface area (Å²) < 4.78 is 11.0. The van der Waals surface area contributed by atoms with Gasteiger partial charge in [-0.3, -0.25) is 9.59 Å². The molecule has 0 bridgehead atoms. The van der Waals surface area contributed by atoms with Gasteiger partial charge in [0.2, 0.25) is 5.91 Å². The van der Waals surface area contributed by atoms with Crippen molar-refractivity contribution in [3.63, 3.8) is 0 Å². The second kappa shape index (κ2) is 10.3. The molecular weight excluding hydrogens is 456 g/mol. The van der Waals surface area contributed by atoms with E-state index in [-0.39, 0.29) is 22.3 Å². The number of thioether (sulfide) groups is 1. The molecule has 2 amide bonds. The number of rotatable bonds is 7. The molecule has 0 spiro atoms. The van der Waals surface area contributed by atoms with E-state index >= 15 is 0 Å². The topological polar surface area (TPSA) is 114 Å². The first-order chi connectivity index (χ1) is 16.4. The van der Waals surface area contributed by atoms with Gasteiger partial charge in [-0.15, -0.1) is 11.8 Å². The zero-order valence-electron chi connectivity index (χ0n) is 18.2. The number of nitrogens with one attached hydrogen (secondary N) is 2. The summed E-state index contributed by atoms with van der Waals surface area (Å²) in [5.74, 6) is -0.575. The molecule has 1 heterocycles. The second-order valence-electron chi connectivity index (χ2n) is 7.44. The van der Waals surface area contributed by atoms with Crippen LogP contribution in [0, 0.1) is 0 Å². The minimum atomic E-state index is -1.17. The van der Waals surface area contributed by atoms with E-state index in [0.717, 1.165) is 4.90 Å². The summed E-state index contributed by atoms with van der Waals surface area (Å²) in [6.45, 7) is 2.78. The number of fused-ring (bicyclic) bond motifs is 1. The van der Waals surface area contributed by atoms with E-state index in [9.17, 15) is 19.5 Å². The molecule has 0 radical (unpaired) electrons. The first-order valence-corrected chi connectivity index (χ1v) is 11.4. The summed E-state index contributed by atoms with van der Waals surface area (Å²) in [5.41, 5.74) is 1.16. The molecule has 174 valence electrons. The first-order valence-electron chi connectivity index (χ1n) is 10.5. The van der Waals surface area contributed by atoms with E-state index < -0.39 is 11.9 Å². The molecule has 1 aliphatic heterocycles. The molecule has 0 aliphatic carbocycles. The number of carboxylic acid groups (broad SMARTS) is 1. The van der Waals surface area contributed by atoms with Crippen LogP contribution in [0.2, 0.25) is 0 Å². The van der Waals surface area contributed by atoms with Crippen LogP contribution >= 0.6 is 11.8 Å². The van der Waals surface area contributed by atoms with Crippen molar-refractivity contribution in [3.05, 3.63) is 77.9 Å². The number of ether oxygens (including phenoxy) is 2. The van der Waals surface area contributed by atoms with E-state index in [2.05, 4.69) is 10.6 Å². The van der Waals surface area contributed by atoms with Crippen molar-refractivity contribution in [1.29, 1.82) is 0 Å². The molecule has 0 saturated carbocycles. The monoisotopic (exact) mass is 478 g/mol. The Labute approximate surface area is 200 Å². The first kappa shape index (κ1) is 23.2. The van der Waals surface area contributed by atoms with Gasteiger partial charge in [-0.25, -0.2) is 4.79 Å². The quantitative estimate of drug-likeness (QED) is 0.428. The molecule has 1 aliphatic rings. The standard InChI is InChI=1S/C25H22N2O6S/c1-15(23(28)27-17-8-11-21-22(14-17)33-13-12-32-21)34-18-9-6-16(7-10-18)26-24(29)19-4-2-3-5-20(19)25(30)31/h2-11,14-15H,12-13H2,1H3,(H,26,29)(H,27,28)(H,30,31). The van der Waals surface area contributed by atoms with Gasteiger partial charge in [0.15, 0.2) is 11.5 Å². The predicted molar refractivity (Wildman–Crippen MR) is 129 cm³/mol. The van der Waals surface area contributed by atoms with Gasteiger partial charge in [0.05, 0.1) is 16.4 Å². The Morgan fingerprint density at radius 2 is 1.50 bits per heavy atom. The van der Waals surface area contributed by atoms with Crippen LogP contribution in [0.15, 0.2) is 71.6 Å². The number of anilines is 2. The minimum Gasteiger partial charge on any atom is -0.486 e. The lowest BCUT2D eigenvalue weighted by molar-refractivity contribution is -0.115. The van der Waals surface area contributed by atoms with Crippen molar-refractivity contribution in [1.82, 2.24) is 0 Å². The lowest BCUT2D eigenvalue weighted by Crippen LogP contribution is -2.22. The van der Waals surface area contributed by atoms with E-state index in [1.54, 1.807) is 61.5 Å². The summed E-state index contributed by atoms with van der Waals surface area (Å²) >= 11 is 1.37. The van der Waals surface area contributed by atoms with Gasteiger partial charge in [-0.2, -0.15) is 0 Å². The fraction of sp³-hybridized carbons (Fsp3) is 0.160. The third kappa shape index (κ3) is 5.49. The summed E-state index contributed by atoms with van der Waals surface area (Å²) in [4.78, 5) is 37.3. The molecule has 0 saturated heterocycles. The van der Waals surface area contributed by atoms with Gasteiger partial charge in [0, 0.05) is 22.3 Å². The maximum atomic E-state index is 12.6.